The molecule has 0 aromatic carbocycles. The van der Waals surface area contributed by atoms with Crippen molar-refractivity contribution in [2.45, 2.75) is 64.1 Å². The summed E-state index contributed by atoms with van der Waals surface area (Å²) in [5, 5.41) is 3.49. The summed E-state index contributed by atoms with van der Waals surface area (Å²) >= 11 is 0. The number of amides is 1. The molecule has 1 amide bonds. The number of carbonyl (C=O) groups is 2. The van der Waals surface area contributed by atoms with Crippen LogP contribution in [0.4, 0.5) is 0 Å². The van der Waals surface area contributed by atoms with Gasteiger partial charge in [0.1, 0.15) is 12.1 Å². The summed E-state index contributed by atoms with van der Waals surface area (Å²) in [5.41, 5.74) is 0. The van der Waals surface area contributed by atoms with Gasteiger partial charge in [0.05, 0.1) is 0 Å². The number of ether oxygens (including phenoxy) is 1. The lowest BCUT2D eigenvalue weighted by Crippen LogP contribution is -2.54. The van der Waals surface area contributed by atoms with Crippen molar-refractivity contribution in [1.29, 1.82) is 0 Å². The van der Waals surface area contributed by atoms with Gasteiger partial charge in [-0.15, -0.1) is 0 Å². The minimum absolute atomic E-state index is 0.0200. The lowest BCUT2D eigenvalue weighted by atomic mass is 9.89. The fraction of sp³-hybridized carbons (Fsp3) is 0.875. The van der Waals surface area contributed by atoms with Gasteiger partial charge in [-0.1, -0.05) is 13.3 Å². The minimum Gasteiger partial charge on any atom is -0.461 e. The number of likely N-dealkylation sites (tertiary alicyclic amines) is 1. The van der Waals surface area contributed by atoms with Gasteiger partial charge in [-0.05, 0) is 32.1 Å². The van der Waals surface area contributed by atoms with Crippen LogP contribution >= 0.6 is 0 Å². The van der Waals surface area contributed by atoms with Crippen molar-refractivity contribution in [3.63, 3.8) is 0 Å². The van der Waals surface area contributed by atoms with E-state index in [1.54, 1.807) is 0 Å². The van der Waals surface area contributed by atoms with Crippen LogP contribution in [0.5, 0.6) is 0 Å². The SMILES string of the molecule is CC[C@@H]1CN(C(=O)C2CC2)CC[C@@H]1N[C@@H]1C[C@@H](C)OC1=O. The highest BCUT2D eigenvalue weighted by Crippen LogP contribution is 2.33. The largest absolute Gasteiger partial charge is 0.461 e. The smallest absolute Gasteiger partial charge is 0.323 e. The van der Waals surface area contributed by atoms with E-state index in [-0.39, 0.29) is 18.1 Å². The summed E-state index contributed by atoms with van der Waals surface area (Å²) in [5.74, 6) is 0.970. The Labute approximate surface area is 126 Å². The van der Waals surface area contributed by atoms with Crippen molar-refractivity contribution < 1.29 is 14.3 Å². The second-order valence-electron chi connectivity index (χ2n) is 6.82. The van der Waals surface area contributed by atoms with Gasteiger partial charge in [0.15, 0.2) is 0 Å². The quantitative estimate of drug-likeness (QED) is 0.794. The van der Waals surface area contributed by atoms with Crippen molar-refractivity contribution in [3.05, 3.63) is 0 Å². The molecule has 5 nitrogen and oxygen atoms in total. The number of piperidine rings is 1. The molecule has 3 aliphatic rings. The molecule has 0 bridgehead atoms. The van der Waals surface area contributed by atoms with Crippen LogP contribution in [-0.4, -0.2) is 48.1 Å². The first-order chi connectivity index (χ1) is 10.1. The van der Waals surface area contributed by atoms with Gasteiger partial charge in [-0.3, -0.25) is 9.59 Å². The lowest BCUT2D eigenvalue weighted by molar-refractivity contribution is -0.143. The van der Waals surface area contributed by atoms with Gasteiger partial charge < -0.3 is 15.0 Å². The zero-order valence-electron chi connectivity index (χ0n) is 13.0. The van der Waals surface area contributed by atoms with Gasteiger partial charge in [0.25, 0.3) is 0 Å². The van der Waals surface area contributed by atoms with E-state index in [0.717, 1.165) is 45.2 Å². The zero-order valence-corrected chi connectivity index (χ0v) is 13.0. The Hall–Kier alpha value is -1.10. The summed E-state index contributed by atoms with van der Waals surface area (Å²) in [7, 11) is 0. The number of nitrogens with zero attached hydrogens (tertiary/aromatic N) is 1. The number of hydrogen-bond donors (Lipinski definition) is 1. The van der Waals surface area contributed by atoms with E-state index in [2.05, 4.69) is 12.2 Å². The Kier molecular flexibility index (Phi) is 4.20. The van der Waals surface area contributed by atoms with Gasteiger partial charge >= 0.3 is 5.97 Å². The molecule has 3 fully saturated rings. The van der Waals surface area contributed by atoms with Crippen LogP contribution in [0, 0.1) is 11.8 Å². The highest BCUT2D eigenvalue weighted by atomic mass is 16.6. The topological polar surface area (TPSA) is 58.6 Å². The van der Waals surface area contributed by atoms with Gasteiger partial charge in [-0.25, -0.2) is 0 Å². The molecule has 0 radical (unpaired) electrons. The minimum atomic E-state index is -0.162. The molecule has 3 rings (SSSR count). The van der Waals surface area contributed by atoms with Crippen LogP contribution in [0.3, 0.4) is 0 Å². The summed E-state index contributed by atoms with van der Waals surface area (Å²) in [6, 6.07) is 0.158. The van der Waals surface area contributed by atoms with Crippen LogP contribution in [0.1, 0.15) is 46.0 Å². The predicted molar refractivity (Wildman–Crippen MR) is 78.6 cm³/mol. The number of carbonyl (C=O) groups excluding carboxylic acids is 2. The molecular weight excluding hydrogens is 268 g/mol. The highest BCUT2D eigenvalue weighted by Gasteiger charge is 2.40. The van der Waals surface area contributed by atoms with Crippen LogP contribution in [-0.2, 0) is 14.3 Å². The van der Waals surface area contributed by atoms with E-state index in [1.165, 1.54) is 0 Å². The first-order valence-corrected chi connectivity index (χ1v) is 8.33. The van der Waals surface area contributed by atoms with Crippen LogP contribution < -0.4 is 5.32 Å². The van der Waals surface area contributed by atoms with Crippen molar-refractivity contribution in [2.75, 3.05) is 13.1 Å². The van der Waals surface area contributed by atoms with Crippen molar-refractivity contribution in [1.82, 2.24) is 10.2 Å². The maximum atomic E-state index is 12.2. The van der Waals surface area contributed by atoms with Crippen molar-refractivity contribution in [2.24, 2.45) is 11.8 Å². The Morgan fingerprint density at radius 2 is 2.14 bits per heavy atom. The third kappa shape index (κ3) is 3.23. The van der Waals surface area contributed by atoms with Gasteiger partial charge in [0, 0.05) is 31.5 Å². The third-order valence-corrected chi connectivity index (χ3v) is 5.08. The monoisotopic (exact) mass is 294 g/mol. The van der Waals surface area contributed by atoms with Crippen molar-refractivity contribution in [3.8, 4) is 0 Å². The fourth-order valence-electron chi connectivity index (χ4n) is 3.61. The molecule has 2 heterocycles. The average Bonchev–Trinajstić information content (AvgIpc) is 3.26. The lowest BCUT2D eigenvalue weighted by Gasteiger charge is -2.39. The third-order valence-electron chi connectivity index (χ3n) is 5.08. The van der Waals surface area contributed by atoms with Crippen LogP contribution in [0.25, 0.3) is 0 Å². The molecule has 0 unspecified atom stereocenters. The first-order valence-electron chi connectivity index (χ1n) is 8.33. The number of cyclic esters (lactones) is 1. The summed E-state index contributed by atoms with van der Waals surface area (Å²) < 4.78 is 5.22. The molecule has 0 aromatic heterocycles. The van der Waals surface area contributed by atoms with Crippen LogP contribution in [0.15, 0.2) is 0 Å². The summed E-state index contributed by atoms with van der Waals surface area (Å²) in [6.45, 7) is 5.76. The second kappa shape index (κ2) is 5.95. The molecule has 1 aliphatic carbocycles. The molecule has 2 saturated heterocycles. The van der Waals surface area contributed by atoms with E-state index in [1.807, 2.05) is 11.8 Å². The highest BCUT2D eigenvalue weighted by molar-refractivity contribution is 5.81. The van der Waals surface area contributed by atoms with E-state index in [0.29, 0.717) is 23.8 Å². The normalized spacial score (nSPS) is 36.7. The Morgan fingerprint density at radius 3 is 2.71 bits per heavy atom. The summed E-state index contributed by atoms with van der Waals surface area (Å²) in [4.78, 5) is 26.0. The van der Waals surface area contributed by atoms with Gasteiger partial charge in [0.2, 0.25) is 5.91 Å². The zero-order chi connectivity index (χ0) is 15.0. The van der Waals surface area contributed by atoms with Crippen LogP contribution in [0.2, 0.25) is 0 Å². The van der Waals surface area contributed by atoms with E-state index in [9.17, 15) is 9.59 Å². The predicted octanol–water partition coefficient (Wildman–Crippen LogP) is 1.32. The number of rotatable bonds is 4. The van der Waals surface area contributed by atoms with Crippen molar-refractivity contribution >= 4 is 11.9 Å². The van der Waals surface area contributed by atoms with E-state index < -0.39 is 0 Å². The molecular formula is C16H26N2O3. The number of nitrogens with one attached hydrogen (secondary N) is 1. The number of hydrogen-bond acceptors (Lipinski definition) is 4. The molecule has 0 spiro atoms. The fourth-order valence-corrected chi connectivity index (χ4v) is 3.61. The second-order valence-corrected chi connectivity index (χ2v) is 6.82. The van der Waals surface area contributed by atoms with E-state index in [4.69, 9.17) is 4.74 Å². The van der Waals surface area contributed by atoms with Gasteiger partial charge in [-0.2, -0.15) is 0 Å². The standard InChI is InChI=1S/C16H26N2O3/c1-3-11-9-18(15(19)12-4-5-12)7-6-13(11)17-14-8-10(2)21-16(14)20/h10-14,17H,3-9H2,1-2H3/t10-,11-,13+,14-/m1/s1. The molecule has 118 valence electrons. The molecule has 1 N–H and O–H groups in total. The Balaban J connectivity index is 1.56. The average molecular weight is 294 g/mol. The maximum Gasteiger partial charge on any atom is 0.323 e. The summed E-state index contributed by atoms with van der Waals surface area (Å²) in [6.07, 6.45) is 4.89. The first kappa shape index (κ1) is 14.8. The Morgan fingerprint density at radius 1 is 1.38 bits per heavy atom. The molecule has 0 aromatic rings. The molecule has 5 heteroatoms. The Bertz CT molecular complexity index is 422. The number of esters is 1. The molecule has 1 saturated carbocycles. The maximum absolute atomic E-state index is 12.2. The molecule has 21 heavy (non-hydrogen) atoms. The van der Waals surface area contributed by atoms with E-state index >= 15 is 0 Å². The molecule has 4 atom stereocenters. The molecule has 2 aliphatic heterocycles.